The predicted octanol–water partition coefficient (Wildman–Crippen LogP) is 3.46. The van der Waals surface area contributed by atoms with E-state index in [1.54, 1.807) is 6.20 Å². The Labute approximate surface area is 147 Å². The number of hydrogen-bond donors (Lipinski definition) is 1. The second-order valence-corrected chi connectivity index (χ2v) is 7.03. The van der Waals surface area contributed by atoms with Crippen LogP contribution in [0.5, 0.6) is 0 Å². The van der Waals surface area contributed by atoms with Crippen molar-refractivity contribution < 1.29 is 0 Å². The molecule has 1 fully saturated rings. The Balaban J connectivity index is 1.63. The smallest absolute Gasteiger partial charge is 0.163 e. The fourth-order valence-electron chi connectivity index (χ4n) is 3.67. The maximum atomic E-state index is 4.89. The van der Waals surface area contributed by atoms with E-state index in [1.807, 2.05) is 30.2 Å². The molecule has 1 aliphatic carbocycles. The average Bonchev–Trinajstić information content (AvgIpc) is 3.26. The summed E-state index contributed by atoms with van der Waals surface area (Å²) in [5.41, 5.74) is 2.13. The molecule has 1 aliphatic rings. The van der Waals surface area contributed by atoms with E-state index >= 15 is 0 Å². The van der Waals surface area contributed by atoms with Gasteiger partial charge in [0, 0.05) is 31.4 Å². The van der Waals surface area contributed by atoms with Crippen LogP contribution >= 0.6 is 0 Å². The van der Waals surface area contributed by atoms with Gasteiger partial charge in [-0.1, -0.05) is 18.9 Å². The summed E-state index contributed by atoms with van der Waals surface area (Å²) in [5, 5.41) is 8.95. The molecule has 6 heteroatoms. The number of rotatable bonds is 5. The number of pyridine rings is 1. The Morgan fingerprint density at radius 1 is 1.24 bits per heavy atom. The van der Waals surface area contributed by atoms with Gasteiger partial charge in [0.1, 0.15) is 11.6 Å². The molecule has 0 saturated heterocycles. The van der Waals surface area contributed by atoms with Crippen molar-refractivity contribution in [3.63, 3.8) is 0 Å². The molecule has 0 amide bonds. The van der Waals surface area contributed by atoms with Gasteiger partial charge in [0.05, 0.1) is 11.6 Å². The van der Waals surface area contributed by atoms with Gasteiger partial charge in [0.2, 0.25) is 0 Å². The summed E-state index contributed by atoms with van der Waals surface area (Å²) in [6.07, 6.45) is 11.4. The number of aryl methyl sites for hydroxylation is 1. The number of fused-ring (bicyclic) bond motifs is 1. The maximum Gasteiger partial charge on any atom is 0.163 e. The minimum Gasteiger partial charge on any atom is -0.367 e. The summed E-state index contributed by atoms with van der Waals surface area (Å²) < 4.78 is 1.84. The molecule has 1 unspecified atom stereocenters. The molecule has 3 aromatic heterocycles. The zero-order valence-corrected chi connectivity index (χ0v) is 14.8. The molecule has 1 atom stereocenters. The van der Waals surface area contributed by atoms with Crippen molar-refractivity contribution in [2.24, 2.45) is 7.05 Å². The molecule has 0 bridgehead atoms. The van der Waals surface area contributed by atoms with Crippen LogP contribution in [0.4, 0.5) is 5.82 Å². The molecule has 0 radical (unpaired) electrons. The zero-order valence-electron chi connectivity index (χ0n) is 14.8. The van der Waals surface area contributed by atoms with Gasteiger partial charge in [-0.05, 0) is 37.8 Å². The molecule has 0 aromatic carbocycles. The van der Waals surface area contributed by atoms with Crippen molar-refractivity contribution in [2.75, 3.05) is 5.32 Å². The summed E-state index contributed by atoms with van der Waals surface area (Å²) in [7, 11) is 1.94. The van der Waals surface area contributed by atoms with Gasteiger partial charge < -0.3 is 5.32 Å². The molecular weight excluding hydrogens is 312 g/mol. The molecule has 0 spiro atoms. The number of hydrogen-bond acceptors (Lipinski definition) is 5. The number of aromatic nitrogens is 5. The topological polar surface area (TPSA) is 68.5 Å². The summed E-state index contributed by atoms with van der Waals surface area (Å²) in [5.74, 6) is 2.34. The van der Waals surface area contributed by atoms with Gasteiger partial charge >= 0.3 is 0 Å². The standard InChI is InChI=1S/C19H24N6/c1-13(10-14-6-5-9-20-11-14)22-18-16-12-21-25(2)19(16)24-17(23-18)15-7-3-4-8-15/h5-6,9,11-13,15H,3-4,7-8,10H2,1-2H3,(H,22,23,24). The minimum absolute atomic E-state index is 0.249. The molecule has 0 aliphatic heterocycles. The fraction of sp³-hybridized carbons (Fsp3) is 0.474. The highest BCUT2D eigenvalue weighted by atomic mass is 15.3. The first-order chi connectivity index (χ1) is 12.2. The third-order valence-corrected chi connectivity index (χ3v) is 4.98. The van der Waals surface area contributed by atoms with Crippen molar-refractivity contribution in [3.05, 3.63) is 42.1 Å². The summed E-state index contributed by atoms with van der Waals surface area (Å²) in [6.45, 7) is 2.17. The van der Waals surface area contributed by atoms with Gasteiger partial charge in [-0.2, -0.15) is 5.10 Å². The van der Waals surface area contributed by atoms with Gasteiger partial charge in [-0.3, -0.25) is 9.67 Å². The van der Waals surface area contributed by atoms with Gasteiger partial charge in [0.25, 0.3) is 0 Å². The van der Waals surface area contributed by atoms with Crippen LogP contribution in [-0.2, 0) is 13.5 Å². The van der Waals surface area contributed by atoms with Crippen LogP contribution in [-0.4, -0.2) is 30.8 Å². The lowest BCUT2D eigenvalue weighted by molar-refractivity contribution is 0.665. The average molecular weight is 336 g/mol. The van der Waals surface area contributed by atoms with E-state index in [4.69, 9.17) is 9.97 Å². The van der Waals surface area contributed by atoms with Gasteiger partial charge in [0.15, 0.2) is 5.65 Å². The molecule has 25 heavy (non-hydrogen) atoms. The molecule has 130 valence electrons. The maximum absolute atomic E-state index is 4.89. The van der Waals surface area contributed by atoms with E-state index in [1.165, 1.54) is 31.2 Å². The van der Waals surface area contributed by atoms with Crippen LogP contribution < -0.4 is 5.32 Å². The monoisotopic (exact) mass is 336 g/mol. The van der Waals surface area contributed by atoms with Crippen LogP contribution in [0.25, 0.3) is 11.0 Å². The zero-order chi connectivity index (χ0) is 17.2. The molecule has 3 aromatic rings. The first-order valence-corrected chi connectivity index (χ1v) is 9.06. The Morgan fingerprint density at radius 2 is 2.08 bits per heavy atom. The Bertz CT molecular complexity index is 851. The summed E-state index contributed by atoms with van der Waals surface area (Å²) >= 11 is 0. The van der Waals surface area contributed by atoms with Crippen LogP contribution in [0.3, 0.4) is 0 Å². The highest BCUT2D eigenvalue weighted by Gasteiger charge is 2.22. The highest BCUT2D eigenvalue weighted by molar-refractivity contribution is 5.86. The summed E-state index contributed by atoms with van der Waals surface area (Å²) in [4.78, 5) is 13.9. The third-order valence-electron chi connectivity index (χ3n) is 4.98. The Hall–Kier alpha value is -2.50. The largest absolute Gasteiger partial charge is 0.367 e. The number of nitrogens with zero attached hydrogens (tertiary/aromatic N) is 5. The van der Waals surface area contributed by atoms with E-state index in [0.717, 1.165) is 29.1 Å². The van der Waals surface area contributed by atoms with E-state index in [-0.39, 0.29) is 6.04 Å². The first kappa shape index (κ1) is 16.0. The van der Waals surface area contributed by atoms with E-state index in [0.29, 0.717) is 5.92 Å². The van der Waals surface area contributed by atoms with Crippen molar-refractivity contribution in [1.82, 2.24) is 24.7 Å². The lowest BCUT2D eigenvalue weighted by Crippen LogP contribution is -2.20. The molecule has 3 heterocycles. The molecular formula is C19H24N6. The minimum atomic E-state index is 0.249. The SMILES string of the molecule is CC(Cc1cccnc1)Nc1nc(C2CCCC2)nc2c1cnn2C. The van der Waals surface area contributed by atoms with Crippen LogP contribution in [0.15, 0.2) is 30.7 Å². The van der Waals surface area contributed by atoms with E-state index < -0.39 is 0 Å². The number of anilines is 1. The molecule has 1 saturated carbocycles. The summed E-state index contributed by atoms with van der Waals surface area (Å²) in [6, 6.07) is 4.33. The highest BCUT2D eigenvalue weighted by Crippen LogP contribution is 2.34. The van der Waals surface area contributed by atoms with Crippen LogP contribution in [0.1, 0.15) is 49.9 Å². The predicted molar refractivity (Wildman–Crippen MR) is 98.5 cm³/mol. The molecule has 6 nitrogen and oxygen atoms in total. The first-order valence-electron chi connectivity index (χ1n) is 9.06. The lowest BCUT2D eigenvalue weighted by atomic mass is 10.1. The lowest BCUT2D eigenvalue weighted by Gasteiger charge is -2.17. The van der Waals surface area contributed by atoms with Gasteiger partial charge in [-0.25, -0.2) is 9.97 Å². The normalized spacial score (nSPS) is 16.4. The van der Waals surface area contributed by atoms with Crippen LogP contribution in [0.2, 0.25) is 0 Å². The Kier molecular flexibility index (Phi) is 4.34. The van der Waals surface area contributed by atoms with E-state index in [2.05, 4.69) is 28.4 Å². The Morgan fingerprint density at radius 3 is 2.84 bits per heavy atom. The molecule has 1 N–H and O–H groups in total. The third kappa shape index (κ3) is 3.34. The number of nitrogens with one attached hydrogen (secondary N) is 1. The van der Waals surface area contributed by atoms with Crippen molar-refractivity contribution in [1.29, 1.82) is 0 Å². The van der Waals surface area contributed by atoms with Crippen molar-refractivity contribution in [2.45, 2.75) is 51.0 Å². The quantitative estimate of drug-likeness (QED) is 0.773. The second kappa shape index (κ2) is 6.78. The fourth-order valence-corrected chi connectivity index (χ4v) is 3.67. The second-order valence-electron chi connectivity index (χ2n) is 7.03. The molecule has 4 rings (SSSR count). The van der Waals surface area contributed by atoms with Crippen molar-refractivity contribution >= 4 is 16.9 Å². The van der Waals surface area contributed by atoms with Crippen LogP contribution in [0, 0.1) is 0 Å². The van der Waals surface area contributed by atoms with Crippen molar-refractivity contribution in [3.8, 4) is 0 Å². The van der Waals surface area contributed by atoms with Gasteiger partial charge in [-0.15, -0.1) is 0 Å². The van der Waals surface area contributed by atoms with E-state index in [9.17, 15) is 0 Å².